The van der Waals surface area contributed by atoms with Crippen LogP contribution in [0.5, 0.6) is 11.5 Å². The van der Waals surface area contributed by atoms with Gasteiger partial charge in [0.05, 0.1) is 4.88 Å². The fourth-order valence-corrected chi connectivity index (χ4v) is 3.35. The predicted octanol–water partition coefficient (Wildman–Crippen LogP) is 3.82. The van der Waals surface area contributed by atoms with E-state index in [1.165, 1.54) is 11.3 Å². The molecule has 0 bridgehead atoms. The molecule has 0 radical (unpaired) electrons. The summed E-state index contributed by atoms with van der Waals surface area (Å²) < 4.78 is 11.7. The number of rotatable bonds is 2. The minimum atomic E-state index is 0.0105. The van der Waals surface area contributed by atoms with Crippen molar-refractivity contribution in [3.8, 4) is 11.5 Å². The highest BCUT2D eigenvalue weighted by molar-refractivity contribution is 9.10. The van der Waals surface area contributed by atoms with Crippen LogP contribution in [0, 0.1) is 6.92 Å². The first kappa shape index (κ1) is 12.7. The third-order valence-corrected chi connectivity index (χ3v) is 4.62. The highest BCUT2D eigenvalue weighted by atomic mass is 79.9. The second-order valence-electron chi connectivity index (χ2n) is 4.24. The van der Waals surface area contributed by atoms with E-state index in [1.54, 1.807) is 12.1 Å². The summed E-state index contributed by atoms with van der Waals surface area (Å²) in [5.74, 6) is 1.32. The van der Waals surface area contributed by atoms with Gasteiger partial charge in [-0.05, 0) is 52.0 Å². The number of carbonyl (C=O) groups is 1. The molecule has 1 aromatic carbocycles. The minimum absolute atomic E-state index is 0.0105. The van der Waals surface area contributed by atoms with Crippen LogP contribution in [0.1, 0.15) is 20.8 Å². The molecule has 2 heterocycles. The van der Waals surface area contributed by atoms with Gasteiger partial charge in [0.1, 0.15) is 13.2 Å². The number of aryl methyl sites for hydroxylation is 1. The van der Waals surface area contributed by atoms with Crippen LogP contribution in [-0.4, -0.2) is 19.0 Å². The van der Waals surface area contributed by atoms with Gasteiger partial charge in [0.2, 0.25) is 5.78 Å². The van der Waals surface area contributed by atoms with Gasteiger partial charge in [-0.3, -0.25) is 4.79 Å². The van der Waals surface area contributed by atoms with Gasteiger partial charge in [0.15, 0.2) is 11.5 Å². The van der Waals surface area contributed by atoms with Crippen LogP contribution in [0.3, 0.4) is 0 Å². The van der Waals surface area contributed by atoms with Gasteiger partial charge in [0, 0.05) is 10.0 Å². The molecule has 5 heteroatoms. The number of benzene rings is 1. The van der Waals surface area contributed by atoms with Gasteiger partial charge in [0.25, 0.3) is 0 Å². The summed E-state index contributed by atoms with van der Waals surface area (Å²) in [6, 6.07) is 5.49. The average molecular weight is 339 g/mol. The molecule has 0 saturated heterocycles. The maximum Gasteiger partial charge on any atom is 0.204 e. The van der Waals surface area contributed by atoms with E-state index in [1.807, 2.05) is 18.4 Å². The molecule has 3 rings (SSSR count). The van der Waals surface area contributed by atoms with Crippen molar-refractivity contribution in [2.45, 2.75) is 6.92 Å². The number of fused-ring (bicyclic) bond motifs is 1. The first-order valence-corrected chi connectivity index (χ1v) is 7.52. The summed E-state index contributed by atoms with van der Waals surface area (Å²) in [6.45, 7) is 2.99. The van der Waals surface area contributed by atoms with Crippen LogP contribution in [-0.2, 0) is 0 Å². The summed E-state index contributed by atoms with van der Waals surface area (Å²) in [5, 5.41) is 1.93. The van der Waals surface area contributed by atoms with Crippen molar-refractivity contribution in [3.63, 3.8) is 0 Å². The first-order valence-electron chi connectivity index (χ1n) is 5.85. The lowest BCUT2D eigenvalue weighted by Gasteiger charge is -2.19. The van der Waals surface area contributed by atoms with Crippen LogP contribution in [0.2, 0.25) is 0 Å². The number of ether oxygens (including phenoxy) is 2. The molecule has 0 fully saturated rings. The smallest absolute Gasteiger partial charge is 0.204 e. The molecule has 0 N–H and O–H groups in total. The van der Waals surface area contributed by atoms with E-state index in [9.17, 15) is 4.79 Å². The summed E-state index contributed by atoms with van der Waals surface area (Å²) in [5.41, 5.74) is 1.60. The van der Waals surface area contributed by atoms with Crippen LogP contribution in [0.25, 0.3) is 0 Å². The Labute approximate surface area is 123 Å². The quantitative estimate of drug-likeness (QED) is 0.781. The Kier molecular flexibility index (Phi) is 3.33. The molecule has 0 aliphatic carbocycles. The molecule has 1 aliphatic rings. The lowest BCUT2D eigenvalue weighted by molar-refractivity contribution is 0.104. The Morgan fingerprint density at radius 3 is 2.58 bits per heavy atom. The van der Waals surface area contributed by atoms with Crippen LogP contribution in [0.15, 0.2) is 28.1 Å². The van der Waals surface area contributed by atoms with Crippen molar-refractivity contribution in [3.05, 3.63) is 44.1 Å². The molecule has 1 aromatic heterocycles. The summed E-state index contributed by atoms with van der Waals surface area (Å²) in [7, 11) is 0. The molecular weight excluding hydrogens is 328 g/mol. The molecule has 3 nitrogen and oxygen atoms in total. The maximum absolute atomic E-state index is 12.5. The Hall–Kier alpha value is -1.33. The second kappa shape index (κ2) is 4.98. The average Bonchev–Trinajstić information content (AvgIpc) is 2.83. The zero-order valence-corrected chi connectivity index (χ0v) is 12.6. The van der Waals surface area contributed by atoms with E-state index in [2.05, 4.69) is 15.9 Å². The van der Waals surface area contributed by atoms with Crippen LogP contribution in [0.4, 0.5) is 0 Å². The van der Waals surface area contributed by atoms with E-state index in [-0.39, 0.29) is 5.78 Å². The molecule has 1 aliphatic heterocycles. The van der Waals surface area contributed by atoms with Crippen molar-refractivity contribution in [1.82, 2.24) is 0 Å². The molecule has 0 amide bonds. The third kappa shape index (κ3) is 2.28. The molecule has 0 atom stereocenters. The Morgan fingerprint density at radius 1 is 1.26 bits per heavy atom. The standard InChI is InChI=1S/C14H11BrO3S/c1-8-2-5-19-14(8)13(16)9-6-11-12(7-10(9)15)18-4-3-17-11/h2,5-7H,3-4H2,1H3. The van der Waals surface area contributed by atoms with Gasteiger partial charge in [-0.25, -0.2) is 0 Å². The molecule has 2 aromatic rings. The van der Waals surface area contributed by atoms with Gasteiger partial charge >= 0.3 is 0 Å². The Bertz CT molecular complexity index is 648. The monoisotopic (exact) mass is 338 g/mol. The number of thiophene rings is 1. The fraction of sp³-hybridized carbons (Fsp3) is 0.214. The lowest BCUT2D eigenvalue weighted by atomic mass is 10.1. The van der Waals surface area contributed by atoms with Crippen molar-refractivity contribution in [2.75, 3.05) is 13.2 Å². The molecule has 0 unspecified atom stereocenters. The number of hydrogen-bond acceptors (Lipinski definition) is 4. The minimum Gasteiger partial charge on any atom is -0.486 e. The van der Waals surface area contributed by atoms with Crippen molar-refractivity contribution in [1.29, 1.82) is 0 Å². The van der Waals surface area contributed by atoms with Gasteiger partial charge < -0.3 is 9.47 Å². The largest absolute Gasteiger partial charge is 0.486 e. The molecule has 98 valence electrons. The lowest BCUT2D eigenvalue weighted by Crippen LogP contribution is -2.16. The predicted molar refractivity (Wildman–Crippen MR) is 77.6 cm³/mol. The van der Waals surface area contributed by atoms with Crippen molar-refractivity contribution < 1.29 is 14.3 Å². The zero-order valence-electron chi connectivity index (χ0n) is 10.2. The maximum atomic E-state index is 12.5. The van der Waals surface area contributed by atoms with Crippen molar-refractivity contribution in [2.24, 2.45) is 0 Å². The highest BCUT2D eigenvalue weighted by Crippen LogP contribution is 2.37. The third-order valence-electron chi connectivity index (χ3n) is 2.94. The summed E-state index contributed by atoms with van der Waals surface area (Å²) in [6.07, 6.45) is 0. The van der Waals surface area contributed by atoms with E-state index in [4.69, 9.17) is 9.47 Å². The van der Waals surface area contributed by atoms with E-state index >= 15 is 0 Å². The number of ketones is 1. The normalized spacial score (nSPS) is 13.4. The zero-order chi connectivity index (χ0) is 13.4. The number of hydrogen-bond donors (Lipinski definition) is 0. The van der Waals surface area contributed by atoms with Gasteiger partial charge in [-0.1, -0.05) is 0 Å². The van der Waals surface area contributed by atoms with E-state index in [0.29, 0.717) is 30.3 Å². The van der Waals surface area contributed by atoms with Crippen LogP contribution < -0.4 is 9.47 Å². The second-order valence-corrected chi connectivity index (χ2v) is 6.01. The Morgan fingerprint density at radius 2 is 1.95 bits per heavy atom. The summed E-state index contributed by atoms with van der Waals surface area (Å²) >= 11 is 4.89. The number of halogens is 1. The van der Waals surface area contributed by atoms with Crippen LogP contribution >= 0.6 is 27.3 Å². The molecule has 19 heavy (non-hydrogen) atoms. The van der Waals surface area contributed by atoms with Crippen molar-refractivity contribution >= 4 is 33.0 Å². The SMILES string of the molecule is Cc1ccsc1C(=O)c1cc2c(cc1Br)OCCO2. The number of carbonyl (C=O) groups excluding carboxylic acids is 1. The van der Waals surface area contributed by atoms with E-state index in [0.717, 1.165) is 14.9 Å². The fourth-order valence-electron chi connectivity index (χ4n) is 1.97. The first-order chi connectivity index (χ1) is 9.16. The molecular formula is C14H11BrO3S. The Balaban J connectivity index is 2.06. The highest BCUT2D eigenvalue weighted by Gasteiger charge is 2.21. The molecule has 0 spiro atoms. The van der Waals surface area contributed by atoms with Gasteiger partial charge in [-0.15, -0.1) is 11.3 Å². The molecule has 0 saturated carbocycles. The van der Waals surface area contributed by atoms with Gasteiger partial charge in [-0.2, -0.15) is 0 Å². The van der Waals surface area contributed by atoms with E-state index < -0.39 is 0 Å². The topological polar surface area (TPSA) is 35.5 Å². The summed E-state index contributed by atoms with van der Waals surface area (Å²) in [4.78, 5) is 13.3.